The molecule has 26 heavy (non-hydrogen) atoms. The van der Waals surface area contributed by atoms with Gasteiger partial charge in [0, 0.05) is 42.4 Å². The van der Waals surface area contributed by atoms with Crippen molar-refractivity contribution in [2.45, 2.75) is 63.3 Å². The quantitative estimate of drug-likeness (QED) is 0.810. The van der Waals surface area contributed by atoms with E-state index in [0.29, 0.717) is 18.4 Å². The summed E-state index contributed by atoms with van der Waals surface area (Å²) in [7, 11) is 0. The number of hydrogen-bond acceptors (Lipinski definition) is 5. The highest BCUT2D eigenvalue weighted by Crippen LogP contribution is 2.41. The molecule has 0 atom stereocenters. The van der Waals surface area contributed by atoms with Gasteiger partial charge in [0.1, 0.15) is 6.54 Å². The monoisotopic (exact) mass is 351 g/mol. The van der Waals surface area contributed by atoms with E-state index in [9.17, 15) is 0 Å². The predicted molar refractivity (Wildman–Crippen MR) is 101 cm³/mol. The summed E-state index contributed by atoms with van der Waals surface area (Å²) in [5.41, 5.74) is 2.44. The van der Waals surface area contributed by atoms with Crippen LogP contribution in [0.5, 0.6) is 0 Å². The Morgan fingerprint density at radius 2 is 1.92 bits per heavy atom. The molecule has 0 saturated heterocycles. The SMILES string of the molecule is C1=CN=CN(c2cc(C3CC3)n(Cc3cc(C4CCCCC4)no3)n2)C1. The average Bonchev–Trinajstić information content (AvgIpc) is 3.29. The van der Waals surface area contributed by atoms with Crippen LogP contribution < -0.4 is 4.90 Å². The summed E-state index contributed by atoms with van der Waals surface area (Å²) in [4.78, 5) is 6.30. The number of aliphatic imine (C=N–C) groups is 1. The summed E-state index contributed by atoms with van der Waals surface area (Å²) in [6.45, 7) is 1.48. The lowest BCUT2D eigenvalue weighted by molar-refractivity contribution is 0.349. The lowest BCUT2D eigenvalue weighted by Gasteiger charge is -2.18. The smallest absolute Gasteiger partial charge is 0.158 e. The van der Waals surface area contributed by atoms with Gasteiger partial charge < -0.3 is 9.42 Å². The summed E-state index contributed by atoms with van der Waals surface area (Å²) in [6.07, 6.45) is 14.7. The summed E-state index contributed by atoms with van der Waals surface area (Å²) in [5, 5.41) is 9.21. The normalized spacial score (nSPS) is 20.8. The Hall–Kier alpha value is -2.37. The predicted octanol–water partition coefficient (Wildman–Crippen LogP) is 4.21. The second-order valence-corrected chi connectivity index (χ2v) is 7.71. The van der Waals surface area contributed by atoms with Crippen LogP contribution >= 0.6 is 0 Å². The maximum atomic E-state index is 5.67. The Morgan fingerprint density at radius 1 is 1.04 bits per heavy atom. The number of aromatic nitrogens is 3. The zero-order valence-electron chi connectivity index (χ0n) is 15.0. The van der Waals surface area contributed by atoms with E-state index in [1.807, 2.05) is 18.6 Å². The molecule has 2 aromatic heterocycles. The summed E-state index contributed by atoms with van der Waals surface area (Å²) < 4.78 is 7.77. The van der Waals surface area contributed by atoms with Crippen molar-refractivity contribution in [3.63, 3.8) is 0 Å². The lowest BCUT2D eigenvalue weighted by Crippen LogP contribution is -2.23. The van der Waals surface area contributed by atoms with Crippen molar-refractivity contribution in [2.24, 2.45) is 4.99 Å². The Labute approximate surface area is 153 Å². The van der Waals surface area contributed by atoms with Crippen molar-refractivity contribution >= 4 is 12.2 Å². The van der Waals surface area contributed by atoms with E-state index in [0.717, 1.165) is 23.8 Å². The molecule has 0 amide bonds. The number of hydrogen-bond donors (Lipinski definition) is 0. The van der Waals surface area contributed by atoms with Crippen molar-refractivity contribution in [3.8, 4) is 0 Å². The van der Waals surface area contributed by atoms with Crippen molar-refractivity contribution in [1.82, 2.24) is 14.9 Å². The first kappa shape index (κ1) is 15.9. The lowest BCUT2D eigenvalue weighted by atomic mass is 9.87. The topological polar surface area (TPSA) is 59.5 Å². The standard InChI is InChI=1S/C20H25N5O/c1-2-5-15(6-3-1)18-11-17(26-23-18)13-25-19(16-7-8-16)12-20(22-25)24-10-4-9-21-14-24/h4,9,11-12,14-16H,1-3,5-8,10,13H2. The largest absolute Gasteiger partial charge is 0.359 e. The first-order valence-electron chi connectivity index (χ1n) is 9.85. The van der Waals surface area contributed by atoms with Gasteiger partial charge in [0.15, 0.2) is 11.6 Å². The number of rotatable bonds is 5. The molecule has 0 bridgehead atoms. The highest BCUT2D eigenvalue weighted by Gasteiger charge is 2.29. The van der Waals surface area contributed by atoms with Crippen molar-refractivity contribution < 1.29 is 4.52 Å². The highest BCUT2D eigenvalue weighted by molar-refractivity contribution is 5.79. The van der Waals surface area contributed by atoms with E-state index in [1.165, 1.54) is 50.6 Å². The molecule has 0 spiro atoms. The summed E-state index contributed by atoms with van der Waals surface area (Å²) in [5.74, 6) is 3.09. The maximum absolute atomic E-state index is 5.67. The third-order valence-corrected chi connectivity index (χ3v) is 5.69. The van der Waals surface area contributed by atoms with Crippen LogP contribution in [0, 0.1) is 0 Å². The van der Waals surface area contributed by atoms with Gasteiger partial charge in [-0.1, -0.05) is 24.4 Å². The van der Waals surface area contributed by atoms with Crippen LogP contribution in [0.2, 0.25) is 0 Å². The summed E-state index contributed by atoms with van der Waals surface area (Å²) in [6, 6.07) is 4.36. The van der Waals surface area contributed by atoms with Gasteiger partial charge in [-0.2, -0.15) is 5.10 Å². The van der Waals surface area contributed by atoms with E-state index in [4.69, 9.17) is 9.62 Å². The first-order chi connectivity index (χ1) is 12.9. The Kier molecular flexibility index (Phi) is 4.11. The Balaban J connectivity index is 1.36. The maximum Gasteiger partial charge on any atom is 0.158 e. The fraction of sp³-hybridized carbons (Fsp3) is 0.550. The van der Waals surface area contributed by atoms with Gasteiger partial charge in [0.2, 0.25) is 0 Å². The van der Waals surface area contributed by atoms with Crippen molar-refractivity contribution in [3.05, 3.63) is 41.6 Å². The molecule has 6 heteroatoms. The van der Waals surface area contributed by atoms with Crippen molar-refractivity contribution in [1.29, 1.82) is 0 Å². The van der Waals surface area contributed by atoms with Crippen LogP contribution in [-0.2, 0) is 6.54 Å². The highest BCUT2D eigenvalue weighted by atomic mass is 16.5. The molecule has 2 aliphatic carbocycles. The minimum absolute atomic E-state index is 0.577. The van der Waals surface area contributed by atoms with Crippen LogP contribution in [0.4, 0.5) is 5.82 Å². The molecule has 2 saturated carbocycles. The van der Waals surface area contributed by atoms with Gasteiger partial charge in [-0.25, -0.2) is 4.99 Å². The molecule has 0 N–H and O–H groups in total. The molecule has 3 heterocycles. The van der Waals surface area contributed by atoms with E-state index in [2.05, 4.69) is 31.9 Å². The molecule has 0 aromatic carbocycles. The average molecular weight is 351 g/mol. The fourth-order valence-corrected chi connectivity index (χ4v) is 4.07. The molecule has 1 aliphatic heterocycles. The molecule has 2 aromatic rings. The Bertz CT molecular complexity index is 823. The molecule has 2 fully saturated rings. The molecular weight excluding hydrogens is 326 g/mol. The molecule has 0 radical (unpaired) electrons. The molecular formula is C20H25N5O. The van der Waals surface area contributed by atoms with Gasteiger partial charge in [-0.15, -0.1) is 0 Å². The van der Waals surface area contributed by atoms with Crippen LogP contribution in [0.1, 0.15) is 73.9 Å². The van der Waals surface area contributed by atoms with E-state index >= 15 is 0 Å². The molecule has 3 aliphatic rings. The van der Waals surface area contributed by atoms with Gasteiger partial charge in [0.05, 0.1) is 12.0 Å². The molecule has 0 unspecified atom stereocenters. The van der Waals surface area contributed by atoms with Crippen molar-refractivity contribution in [2.75, 3.05) is 11.4 Å². The number of nitrogens with zero attached hydrogens (tertiary/aromatic N) is 5. The van der Waals surface area contributed by atoms with Crippen LogP contribution in [0.15, 0.2) is 33.9 Å². The molecule has 136 valence electrons. The third kappa shape index (κ3) is 3.20. The zero-order valence-corrected chi connectivity index (χ0v) is 15.0. The fourth-order valence-electron chi connectivity index (χ4n) is 4.07. The van der Waals surface area contributed by atoms with Gasteiger partial charge in [0.25, 0.3) is 0 Å². The second-order valence-electron chi connectivity index (χ2n) is 7.71. The van der Waals surface area contributed by atoms with Gasteiger partial charge in [-0.3, -0.25) is 4.68 Å². The van der Waals surface area contributed by atoms with Crippen LogP contribution in [-0.4, -0.2) is 27.8 Å². The second kappa shape index (κ2) is 6.74. The summed E-state index contributed by atoms with van der Waals surface area (Å²) >= 11 is 0. The Morgan fingerprint density at radius 3 is 2.69 bits per heavy atom. The van der Waals surface area contributed by atoms with E-state index in [1.54, 1.807) is 0 Å². The first-order valence-corrected chi connectivity index (χ1v) is 9.85. The van der Waals surface area contributed by atoms with Crippen LogP contribution in [0.3, 0.4) is 0 Å². The van der Waals surface area contributed by atoms with Gasteiger partial charge >= 0.3 is 0 Å². The van der Waals surface area contributed by atoms with E-state index < -0.39 is 0 Å². The zero-order chi connectivity index (χ0) is 17.3. The minimum atomic E-state index is 0.577. The number of anilines is 1. The third-order valence-electron chi connectivity index (χ3n) is 5.69. The van der Waals surface area contributed by atoms with Crippen LogP contribution in [0.25, 0.3) is 0 Å². The van der Waals surface area contributed by atoms with Gasteiger partial charge in [-0.05, 0) is 31.8 Å². The van der Waals surface area contributed by atoms with E-state index in [-0.39, 0.29) is 0 Å². The molecule has 6 nitrogen and oxygen atoms in total. The molecule has 5 rings (SSSR count). The minimum Gasteiger partial charge on any atom is -0.359 e.